The van der Waals surface area contributed by atoms with Crippen molar-refractivity contribution in [2.75, 3.05) is 13.2 Å². The molecule has 0 saturated carbocycles. The van der Waals surface area contributed by atoms with Crippen LogP contribution < -0.4 is 5.32 Å². The molecule has 2 nitrogen and oxygen atoms in total. The highest BCUT2D eigenvalue weighted by atomic mass is 16.5. The zero-order valence-electron chi connectivity index (χ0n) is 14.8. The van der Waals surface area contributed by atoms with Crippen molar-refractivity contribution in [1.29, 1.82) is 0 Å². The topological polar surface area (TPSA) is 21.3 Å². The molecule has 1 atom stereocenters. The van der Waals surface area contributed by atoms with Crippen LogP contribution in [0.5, 0.6) is 0 Å². The molecule has 0 aliphatic carbocycles. The summed E-state index contributed by atoms with van der Waals surface area (Å²) in [6.45, 7) is 15.0. The van der Waals surface area contributed by atoms with Gasteiger partial charge in [0.2, 0.25) is 0 Å². The van der Waals surface area contributed by atoms with Crippen molar-refractivity contribution >= 4 is 0 Å². The fraction of sp³-hybridized carbons (Fsp3) is 0.684. The fourth-order valence-corrected chi connectivity index (χ4v) is 3.19. The van der Waals surface area contributed by atoms with Crippen LogP contribution in [0, 0.1) is 13.8 Å². The maximum atomic E-state index is 6.27. The molecule has 0 aliphatic heterocycles. The van der Waals surface area contributed by atoms with Crippen LogP contribution in [0.2, 0.25) is 0 Å². The molecule has 1 aromatic rings. The molecule has 0 fully saturated rings. The Morgan fingerprint density at radius 1 is 1.10 bits per heavy atom. The molecule has 0 aliphatic rings. The zero-order chi connectivity index (χ0) is 15.9. The second-order valence-electron chi connectivity index (χ2n) is 5.88. The SMILES string of the molecule is CCCNC(c1cccc(C)c1C)C(CC)(CC)OCC. The van der Waals surface area contributed by atoms with E-state index in [0.29, 0.717) is 0 Å². The summed E-state index contributed by atoms with van der Waals surface area (Å²) >= 11 is 0. The molecule has 0 radical (unpaired) electrons. The van der Waals surface area contributed by atoms with Gasteiger partial charge in [-0.15, -0.1) is 0 Å². The van der Waals surface area contributed by atoms with Gasteiger partial charge in [-0.05, 0) is 63.3 Å². The molecule has 1 aromatic carbocycles. The van der Waals surface area contributed by atoms with E-state index in [1.165, 1.54) is 16.7 Å². The first-order chi connectivity index (χ1) is 10.1. The van der Waals surface area contributed by atoms with Crippen molar-refractivity contribution in [1.82, 2.24) is 5.32 Å². The summed E-state index contributed by atoms with van der Waals surface area (Å²) in [5.41, 5.74) is 4.01. The van der Waals surface area contributed by atoms with E-state index in [2.05, 4.69) is 65.1 Å². The van der Waals surface area contributed by atoms with Gasteiger partial charge in [0.1, 0.15) is 0 Å². The summed E-state index contributed by atoms with van der Waals surface area (Å²) in [5.74, 6) is 0. The third-order valence-corrected chi connectivity index (χ3v) is 4.71. The quantitative estimate of drug-likeness (QED) is 0.696. The van der Waals surface area contributed by atoms with E-state index in [4.69, 9.17) is 4.74 Å². The zero-order valence-corrected chi connectivity index (χ0v) is 14.8. The van der Waals surface area contributed by atoms with Crippen LogP contribution in [-0.4, -0.2) is 18.8 Å². The first kappa shape index (κ1) is 18.2. The lowest BCUT2D eigenvalue weighted by atomic mass is 9.81. The van der Waals surface area contributed by atoms with Gasteiger partial charge in [-0.3, -0.25) is 0 Å². The Balaban J connectivity index is 3.28. The number of hydrogen-bond donors (Lipinski definition) is 1. The first-order valence-corrected chi connectivity index (χ1v) is 8.49. The van der Waals surface area contributed by atoms with Crippen molar-refractivity contribution in [3.8, 4) is 0 Å². The van der Waals surface area contributed by atoms with Crippen LogP contribution >= 0.6 is 0 Å². The molecule has 2 heteroatoms. The van der Waals surface area contributed by atoms with E-state index >= 15 is 0 Å². The number of benzene rings is 1. The van der Waals surface area contributed by atoms with Gasteiger partial charge in [-0.1, -0.05) is 39.0 Å². The predicted molar refractivity (Wildman–Crippen MR) is 91.9 cm³/mol. The predicted octanol–water partition coefficient (Wildman–Crippen LogP) is 4.94. The lowest BCUT2D eigenvalue weighted by Gasteiger charge is -2.41. The highest BCUT2D eigenvalue weighted by molar-refractivity contribution is 5.37. The van der Waals surface area contributed by atoms with E-state index in [9.17, 15) is 0 Å². The number of hydrogen-bond acceptors (Lipinski definition) is 2. The van der Waals surface area contributed by atoms with Crippen molar-refractivity contribution < 1.29 is 4.74 Å². The van der Waals surface area contributed by atoms with Gasteiger partial charge in [0, 0.05) is 6.61 Å². The summed E-state index contributed by atoms with van der Waals surface area (Å²) < 4.78 is 6.27. The van der Waals surface area contributed by atoms with Crippen molar-refractivity contribution in [3.63, 3.8) is 0 Å². The smallest absolute Gasteiger partial charge is 0.0871 e. The summed E-state index contributed by atoms with van der Waals surface area (Å²) in [6.07, 6.45) is 3.18. The molecule has 0 amide bonds. The maximum absolute atomic E-state index is 6.27. The van der Waals surface area contributed by atoms with E-state index in [1.54, 1.807) is 0 Å². The highest BCUT2D eigenvalue weighted by Gasteiger charge is 2.37. The Bertz CT molecular complexity index is 424. The van der Waals surface area contributed by atoms with E-state index < -0.39 is 0 Å². The summed E-state index contributed by atoms with van der Waals surface area (Å²) in [4.78, 5) is 0. The van der Waals surface area contributed by atoms with Crippen molar-refractivity contribution in [3.05, 3.63) is 34.9 Å². The molecule has 21 heavy (non-hydrogen) atoms. The molecule has 0 bridgehead atoms. The second-order valence-corrected chi connectivity index (χ2v) is 5.88. The minimum atomic E-state index is -0.123. The third-order valence-electron chi connectivity index (χ3n) is 4.71. The standard InChI is InChI=1S/C19H33NO/c1-7-14-20-18(19(8-2,9-3)21-10-4)17-13-11-12-15(5)16(17)6/h11-13,18,20H,7-10,14H2,1-6H3. The molecule has 1 N–H and O–H groups in total. The van der Waals surface area contributed by atoms with Gasteiger partial charge >= 0.3 is 0 Å². The second kappa shape index (κ2) is 8.55. The normalized spacial score (nSPS) is 13.4. The first-order valence-electron chi connectivity index (χ1n) is 8.49. The maximum Gasteiger partial charge on any atom is 0.0871 e. The van der Waals surface area contributed by atoms with E-state index in [1.807, 2.05) is 0 Å². The third kappa shape index (κ3) is 4.08. The number of aryl methyl sites for hydroxylation is 1. The van der Waals surface area contributed by atoms with E-state index in [0.717, 1.165) is 32.4 Å². The number of nitrogens with one attached hydrogen (secondary N) is 1. The average Bonchev–Trinajstić information content (AvgIpc) is 2.50. The van der Waals surface area contributed by atoms with Crippen LogP contribution in [0.4, 0.5) is 0 Å². The van der Waals surface area contributed by atoms with Crippen LogP contribution in [0.25, 0.3) is 0 Å². The minimum absolute atomic E-state index is 0.123. The van der Waals surface area contributed by atoms with Gasteiger partial charge in [-0.2, -0.15) is 0 Å². The number of rotatable bonds is 9. The molecule has 120 valence electrons. The number of ether oxygens (including phenoxy) is 1. The molecular formula is C19H33NO. The van der Waals surface area contributed by atoms with Crippen molar-refractivity contribution in [2.45, 2.75) is 72.4 Å². The summed E-state index contributed by atoms with van der Waals surface area (Å²) in [5, 5.41) is 3.76. The molecular weight excluding hydrogens is 258 g/mol. The Hall–Kier alpha value is -0.860. The van der Waals surface area contributed by atoms with Crippen molar-refractivity contribution in [2.24, 2.45) is 0 Å². The summed E-state index contributed by atoms with van der Waals surface area (Å²) in [6, 6.07) is 6.87. The summed E-state index contributed by atoms with van der Waals surface area (Å²) in [7, 11) is 0. The van der Waals surface area contributed by atoms with Gasteiger partial charge in [-0.25, -0.2) is 0 Å². The Labute approximate surface area is 131 Å². The van der Waals surface area contributed by atoms with Crippen LogP contribution in [0.3, 0.4) is 0 Å². The Kier molecular flexibility index (Phi) is 7.41. The Morgan fingerprint density at radius 2 is 1.76 bits per heavy atom. The average molecular weight is 291 g/mol. The van der Waals surface area contributed by atoms with Gasteiger partial charge in [0.15, 0.2) is 0 Å². The molecule has 0 aromatic heterocycles. The largest absolute Gasteiger partial charge is 0.373 e. The van der Waals surface area contributed by atoms with Gasteiger partial charge in [0.05, 0.1) is 11.6 Å². The monoisotopic (exact) mass is 291 g/mol. The lowest BCUT2D eigenvalue weighted by Crippen LogP contribution is -2.46. The minimum Gasteiger partial charge on any atom is -0.373 e. The van der Waals surface area contributed by atoms with Crippen LogP contribution in [0.15, 0.2) is 18.2 Å². The molecule has 1 rings (SSSR count). The molecule has 0 spiro atoms. The molecule has 0 heterocycles. The fourth-order valence-electron chi connectivity index (χ4n) is 3.19. The molecule has 1 unspecified atom stereocenters. The van der Waals surface area contributed by atoms with Gasteiger partial charge < -0.3 is 10.1 Å². The highest BCUT2D eigenvalue weighted by Crippen LogP contribution is 2.37. The van der Waals surface area contributed by atoms with Crippen LogP contribution in [0.1, 0.15) is 69.7 Å². The van der Waals surface area contributed by atoms with E-state index in [-0.39, 0.29) is 11.6 Å². The lowest BCUT2D eigenvalue weighted by molar-refractivity contribution is -0.0734. The van der Waals surface area contributed by atoms with Gasteiger partial charge in [0.25, 0.3) is 0 Å². The molecule has 0 saturated heterocycles. The Morgan fingerprint density at radius 3 is 2.29 bits per heavy atom. The van der Waals surface area contributed by atoms with Crippen LogP contribution in [-0.2, 0) is 4.74 Å².